The standard InChI is InChI=1S/C14H18N4O3/c1-21-14(20)13-11(7-8-15)18(17-16-13)9-12(19)10-5-3-2-4-6-10/h2-6,12,19H,7-9,15H2,1H3. The molecule has 0 bridgehead atoms. The van der Waals surface area contributed by atoms with Gasteiger partial charge in [0.05, 0.1) is 25.5 Å². The van der Waals surface area contributed by atoms with Crippen LogP contribution in [0.3, 0.4) is 0 Å². The predicted molar refractivity (Wildman–Crippen MR) is 75.5 cm³/mol. The molecule has 0 aliphatic carbocycles. The van der Waals surface area contributed by atoms with Gasteiger partial charge in [-0.15, -0.1) is 5.10 Å². The van der Waals surface area contributed by atoms with Gasteiger partial charge >= 0.3 is 5.97 Å². The van der Waals surface area contributed by atoms with Gasteiger partial charge in [-0.25, -0.2) is 9.48 Å². The molecule has 0 saturated heterocycles. The molecule has 0 spiro atoms. The Hall–Kier alpha value is -2.25. The van der Waals surface area contributed by atoms with Gasteiger partial charge in [0.2, 0.25) is 0 Å². The van der Waals surface area contributed by atoms with E-state index in [0.29, 0.717) is 18.7 Å². The van der Waals surface area contributed by atoms with Crippen molar-refractivity contribution >= 4 is 5.97 Å². The fourth-order valence-corrected chi connectivity index (χ4v) is 2.06. The summed E-state index contributed by atoms with van der Waals surface area (Å²) < 4.78 is 6.16. The molecule has 1 heterocycles. The minimum Gasteiger partial charge on any atom is -0.464 e. The molecule has 112 valence electrons. The van der Waals surface area contributed by atoms with Crippen molar-refractivity contribution in [1.29, 1.82) is 0 Å². The number of carbonyl (C=O) groups is 1. The first kappa shape index (κ1) is 15.1. The molecule has 21 heavy (non-hydrogen) atoms. The molecule has 1 aromatic heterocycles. The molecule has 0 saturated carbocycles. The number of hydrogen-bond acceptors (Lipinski definition) is 6. The van der Waals surface area contributed by atoms with Crippen LogP contribution in [0, 0.1) is 0 Å². The van der Waals surface area contributed by atoms with Gasteiger partial charge in [-0.2, -0.15) is 0 Å². The van der Waals surface area contributed by atoms with Gasteiger partial charge in [0.1, 0.15) is 0 Å². The van der Waals surface area contributed by atoms with Crippen molar-refractivity contribution in [2.24, 2.45) is 5.73 Å². The SMILES string of the molecule is COC(=O)c1nnn(CC(O)c2ccccc2)c1CCN. The van der Waals surface area contributed by atoms with E-state index >= 15 is 0 Å². The van der Waals surface area contributed by atoms with E-state index in [1.807, 2.05) is 30.3 Å². The van der Waals surface area contributed by atoms with Crippen LogP contribution in [0.15, 0.2) is 30.3 Å². The number of benzene rings is 1. The summed E-state index contributed by atoms with van der Waals surface area (Å²) >= 11 is 0. The molecule has 1 unspecified atom stereocenters. The van der Waals surface area contributed by atoms with Crippen LogP contribution >= 0.6 is 0 Å². The van der Waals surface area contributed by atoms with Gasteiger partial charge in [0.15, 0.2) is 5.69 Å². The number of carbonyl (C=O) groups excluding carboxylic acids is 1. The van der Waals surface area contributed by atoms with Crippen molar-refractivity contribution in [2.45, 2.75) is 19.1 Å². The number of methoxy groups -OCH3 is 1. The number of nitrogens with two attached hydrogens (primary N) is 1. The van der Waals surface area contributed by atoms with E-state index in [2.05, 4.69) is 15.0 Å². The Morgan fingerprint density at radius 3 is 2.76 bits per heavy atom. The fourth-order valence-electron chi connectivity index (χ4n) is 2.06. The Morgan fingerprint density at radius 1 is 1.43 bits per heavy atom. The lowest BCUT2D eigenvalue weighted by molar-refractivity contribution is 0.0592. The lowest BCUT2D eigenvalue weighted by Crippen LogP contribution is -2.17. The molecule has 0 radical (unpaired) electrons. The minimum atomic E-state index is -0.741. The zero-order valence-electron chi connectivity index (χ0n) is 11.8. The highest BCUT2D eigenvalue weighted by Crippen LogP contribution is 2.16. The summed E-state index contributed by atoms with van der Waals surface area (Å²) in [6, 6.07) is 9.22. The molecule has 7 nitrogen and oxygen atoms in total. The molecule has 2 rings (SSSR count). The van der Waals surface area contributed by atoms with Crippen molar-refractivity contribution < 1.29 is 14.6 Å². The van der Waals surface area contributed by atoms with Crippen molar-refractivity contribution in [3.05, 3.63) is 47.3 Å². The zero-order valence-corrected chi connectivity index (χ0v) is 11.8. The quantitative estimate of drug-likeness (QED) is 0.742. The van der Waals surface area contributed by atoms with Gasteiger partial charge < -0.3 is 15.6 Å². The second-order valence-electron chi connectivity index (χ2n) is 4.52. The van der Waals surface area contributed by atoms with Crippen LogP contribution in [0.1, 0.15) is 27.8 Å². The number of hydrogen-bond donors (Lipinski definition) is 2. The minimum absolute atomic E-state index is 0.142. The molecule has 0 aliphatic heterocycles. The average molecular weight is 290 g/mol. The Morgan fingerprint density at radius 2 is 2.14 bits per heavy atom. The third-order valence-corrected chi connectivity index (χ3v) is 3.13. The van der Waals surface area contributed by atoms with Crippen molar-refractivity contribution in [1.82, 2.24) is 15.0 Å². The summed E-state index contributed by atoms with van der Waals surface area (Å²) in [4.78, 5) is 11.6. The normalized spacial score (nSPS) is 12.1. The molecule has 0 aliphatic rings. The fraction of sp³-hybridized carbons (Fsp3) is 0.357. The van der Waals surface area contributed by atoms with Crippen molar-refractivity contribution in [3.63, 3.8) is 0 Å². The number of rotatable bonds is 6. The summed E-state index contributed by atoms with van der Waals surface area (Å²) in [5, 5.41) is 18.0. The van der Waals surface area contributed by atoms with E-state index in [-0.39, 0.29) is 12.2 Å². The van der Waals surface area contributed by atoms with E-state index < -0.39 is 12.1 Å². The number of nitrogens with zero attached hydrogens (tertiary/aromatic N) is 3. The first-order chi connectivity index (χ1) is 10.2. The zero-order chi connectivity index (χ0) is 15.2. The summed E-state index contributed by atoms with van der Waals surface area (Å²) in [5.74, 6) is -0.557. The lowest BCUT2D eigenvalue weighted by atomic mass is 10.1. The number of ether oxygens (including phenoxy) is 1. The molecule has 2 aromatic rings. The second-order valence-corrected chi connectivity index (χ2v) is 4.52. The molecular formula is C14H18N4O3. The van der Waals surface area contributed by atoms with Gasteiger partial charge in [-0.05, 0) is 12.1 Å². The Kier molecular flexibility index (Phi) is 5.02. The third-order valence-electron chi connectivity index (χ3n) is 3.13. The van der Waals surface area contributed by atoms with Crippen LogP contribution in [0.5, 0.6) is 0 Å². The average Bonchev–Trinajstić information content (AvgIpc) is 2.90. The summed E-state index contributed by atoms with van der Waals surface area (Å²) in [5.41, 5.74) is 7.04. The highest BCUT2D eigenvalue weighted by Gasteiger charge is 2.21. The second kappa shape index (κ2) is 6.96. The largest absolute Gasteiger partial charge is 0.464 e. The maximum atomic E-state index is 11.6. The van der Waals surface area contributed by atoms with Gasteiger partial charge in [-0.1, -0.05) is 35.5 Å². The van der Waals surface area contributed by atoms with Gasteiger partial charge in [0.25, 0.3) is 0 Å². The highest BCUT2D eigenvalue weighted by molar-refractivity contribution is 5.88. The molecule has 3 N–H and O–H groups in total. The predicted octanol–water partition coefficient (Wildman–Crippen LogP) is 0.299. The van der Waals surface area contributed by atoms with Crippen LogP contribution in [-0.2, 0) is 17.7 Å². The van der Waals surface area contributed by atoms with E-state index in [1.165, 1.54) is 11.8 Å². The lowest BCUT2D eigenvalue weighted by Gasteiger charge is -2.12. The number of esters is 1. The van der Waals surface area contributed by atoms with Gasteiger partial charge in [0, 0.05) is 6.42 Å². The van der Waals surface area contributed by atoms with E-state index in [1.54, 1.807) is 0 Å². The first-order valence-electron chi connectivity index (χ1n) is 6.61. The van der Waals surface area contributed by atoms with Crippen LogP contribution in [-0.4, -0.2) is 39.7 Å². The molecule has 1 aromatic carbocycles. The molecule has 0 fully saturated rings. The number of aliphatic hydroxyl groups excluding tert-OH is 1. The molecule has 0 amide bonds. The third kappa shape index (κ3) is 3.45. The maximum Gasteiger partial charge on any atom is 0.360 e. The molecule has 1 atom stereocenters. The van der Waals surface area contributed by atoms with Crippen LogP contribution in [0.25, 0.3) is 0 Å². The van der Waals surface area contributed by atoms with Crippen LogP contribution in [0.2, 0.25) is 0 Å². The Bertz CT molecular complexity index is 598. The van der Waals surface area contributed by atoms with Crippen molar-refractivity contribution in [3.8, 4) is 0 Å². The summed E-state index contributed by atoms with van der Waals surface area (Å²) in [6.45, 7) is 0.544. The van der Waals surface area contributed by atoms with Crippen molar-refractivity contribution in [2.75, 3.05) is 13.7 Å². The maximum absolute atomic E-state index is 11.6. The highest BCUT2D eigenvalue weighted by atomic mass is 16.5. The first-order valence-corrected chi connectivity index (χ1v) is 6.61. The van der Waals surface area contributed by atoms with E-state index in [0.717, 1.165) is 5.56 Å². The van der Waals surface area contributed by atoms with Gasteiger partial charge in [-0.3, -0.25) is 0 Å². The Balaban J connectivity index is 2.23. The van der Waals surface area contributed by atoms with E-state index in [4.69, 9.17) is 5.73 Å². The Labute approximate surface area is 122 Å². The topological polar surface area (TPSA) is 103 Å². The van der Waals surface area contributed by atoms with Crippen LogP contribution in [0.4, 0.5) is 0 Å². The monoisotopic (exact) mass is 290 g/mol. The smallest absolute Gasteiger partial charge is 0.360 e. The molecular weight excluding hydrogens is 272 g/mol. The van der Waals surface area contributed by atoms with E-state index in [9.17, 15) is 9.90 Å². The number of aliphatic hydroxyl groups is 1. The van der Waals surface area contributed by atoms with Crippen LogP contribution < -0.4 is 5.73 Å². The molecule has 7 heteroatoms. The summed E-state index contributed by atoms with van der Waals surface area (Å²) in [6.07, 6.45) is -0.311. The number of aromatic nitrogens is 3. The summed E-state index contributed by atoms with van der Waals surface area (Å²) in [7, 11) is 1.28.